The summed E-state index contributed by atoms with van der Waals surface area (Å²) in [7, 11) is 4.31. The number of ether oxygens (including phenoxy) is 2. The minimum absolute atomic E-state index is 0.00486. The Morgan fingerprint density at radius 2 is 1.92 bits per heavy atom. The maximum atomic E-state index is 12.3. The second kappa shape index (κ2) is 5.90. The van der Waals surface area contributed by atoms with E-state index in [9.17, 15) is 4.79 Å². The van der Waals surface area contributed by atoms with Gasteiger partial charge in [-0.2, -0.15) is 0 Å². The highest BCUT2D eigenvalue weighted by Crippen LogP contribution is 2.49. The smallest absolute Gasteiger partial charge is 0.251 e. The molecule has 4 rings (SSSR count). The van der Waals surface area contributed by atoms with Gasteiger partial charge in [0.2, 0.25) is 0 Å². The maximum absolute atomic E-state index is 12.3. The standard InChI is InChI=1S/C20H28N2O3/c1-12-17-13(9-10-21-19(17)23)11-16-18(12)25-20(2,24-16)14-5-7-15(8-6-14)22(3)4/h11,14-15H,5-10H2,1-4H3,(H,21,23). The molecule has 0 radical (unpaired) electrons. The van der Waals surface area contributed by atoms with Crippen molar-refractivity contribution in [1.82, 2.24) is 10.2 Å². The average molecular weight is 344 g/mol. The van der Waals surface area contributed by atoms with Crippen LogP contribution in [0.3, 0.4) is 0 Å². The molecule has 1 saturated carbocycles. The van der Waals surface area contributed by atoms with Gasteiger partial charge in [-0.25, -0.2) is 0 Å². The van der Waals surface area contributed by atoms with Crippen molar-refractivity contribution in [2.24, 2.45) is 5.92 Å². The molecule has 0 saturated heterocycles. The number of benzene rings is 1. The van der Waals surface area contributed by atoms with Crippen LogP contribution in [0.5, 0.6) is 11.5 Å². The van der Waals surface area contributed by atoms with Gasteiger partial charge in [0.1, 0.15) is 0 Å². The van der Waals surface area contributed by atoms with Crippen LogP contribution in [0.15, 0.2) is 6.07 Å². The minimum atomic E-state index is -0.620. The third kappa shape index (κ3) is 2.69. The highest BCUT2D eigenvalue weighted by molar-refractivity contribution is 5.99. The third-order valence-corrected chi connectivity index (χ3v) is 6.26. The van der Waals surface area contributed by atoms with Gasteiger partial charge < -0.3 is 19.7 Å². The molecule has 1 aromatic rings. The first-order valence-electron chi connectivity index (χ1n) is 9.38. The second-order valence-corrected chi connectivity index (χ2v) is 8.06. The summed E-state index contributed by atoms with van der Waals surface area (Å²) in [6.07, 6.45) is 5.41. The Morgan fingerprint density at radius 3 is 2.60 bits per heavy atom. The number of rotatable bonds is 2. The first-order valence-corrected chi connectivity index (χ1v) is 9.38. The third-order valence-electron chi connectivity index (χ3n) is 6.26. The summed E-state index contributed by atoms with van der Waals surface area (Å²) in [5.41, 5.74) is 2.76. The van der Waals surface area contributed by atoms with E-state index in [0.29, 0.717) is 18.5 Å². The van der Waals surface area contributed by atoms with E-state index >= 15 is 0 Å². The summed E-state index contributed by atoms with van der Waals surface area (Å²) in [5, 5.41) is 2.93. The molecule has 2 heterocycles. The van der Waals surface area contributed by atoms with Crippen LogP contribution in [0.25, 0.3) is 0 Å². The average Bonchev–Trinajstić information content (AvgIpc) is 2.93. The Labute approximate surface area is 149 Å². The van der Waals surface area contributed by atoms with Gasteiger partial charge in [0, 0.05) is 36.6 Å². The first-order chi connectivity index (χ1) is 11.9. The number of amides is 1. The van der Waals surface area contributed by atoms with Crippen LogP contribution in [0.2, 0.25) is 0 Å². The van der Waals surface area contributed by atoms with Crippen molar-refractivity contribution in [2.75, 3.05) is 20.6 Å². The lowest BCUT2D eigenvalue weighted by Gasteiger charge is -2.39. The Hall–Kier alpha value is -1.75. The van der Waals surface area contributed by atoms with Crippen molar-refractivity contribution in [3.8, 4) is 11.5 Å². The van der Waals surface area contributed by atoms with Gasteiger partial charge in [0.15, 0.2) is 11.5 Å². The largest absolute Gasteiger partial charge is 0.448 e. The molecule has 0 aromatic heterocycles. The Balaban J connectivity index is 1.59. The number of carbonyl (C=O) groups is 1. The summed E-state index contributed by atoms with van der Waals surface area (Å²) in [6.45, 7) is 4.73. The maximum Gasteiger partial charge on any atom is 0.251 e. The van der Waals surface area contributed by atoms with E-state index < -0.39 is 5.79 Å². The number of hydrogen-bond acceptors (Lipinski definition) is 4. The fourth-order valence-corrected chi connectivity index (χ4v) is 4.68. The van der Waals surface area contributed by atoms with Gasteiger partial charge in [0.25, 0.3) is 11.7 Å². The van der Waals surface area contributed by atoms with Crippen molar-refractivity contribution in [2.45, 2.75) is 57.8 Å². The fourth-order valence-electron chi connectivity index (χ4n) is 4.68. The number of carbonyl (C=O) groups excluding carboxylic acids is 1. The van der Waals surface area contributed by atoms with E-state index in [1.54, 1.807) is 0 Å². The van der Waals surface area contributed by atoms with Crippen LogP contribution in [0, 0.1) is 12.8 Å². The quantitative estimate of drug-likeness (QED) is 0.896. The second-order valence-electron chi connectivity index (χ2n) is 8.06. The molecule has 5 nitrogen and oxygen atoms in total. The van der Waals surface area contributed by atoms with Gasteiger partial charge in [-0.1, -0.05) is 0 Å². The lowest BCUT2D eigenvalue weighted by Crippen LogP contribution is -2.46. The molecular formula is C20H28N2O3. The van der Waals surface area contributed by atoms with Crippen LogP contribution >= 0.6 is 0 Å². The number of fused-ring (bicyclic) bond motifs is 2. The zero-order valence-electron chi connectivity index (χ0n) is 15.6. The topological polar surface area (TPSA) is 50.8 Å². The summed E-state index contributed by atoms with van der Waals surface area (Å²) in [5.74, 6) is 1.33. The fraction of sp³-hybridized carbons (Fsp3) is 0.650. The molecule has 3 aliphatic rings. The molecule has 136 valence electrons. The molecule has 0 bridgehead atoms. The monoisotopic (exact) mass is 344 g/mol. The van der Waals surface area contributed by atoms with Crippen molar-refractivity contribution in [1.29, 1.82) is 0 Å². The molecule has 1 aromatic carbocycles. The Kier molecular flexibility index (Phi) is 3.95. The Morgan fingerprint density at radius 1 is 1.20 bits per heavy atom. The molecule has 25 heavy (non-hydrogen) atoms. The summed E-state index contributed by atoms with van der Waals surface area (Å²) in [4.78, 5) is 14.6. The summed E-state index contributed by atoms with van der Waals surface area (Å²) >= 11 is 0. The van der Waals surface area contributed by atoms with Gasteiger partial charge in [-0.15, -0.1) is 0 Å². The SMILES string of the molecule is Cc1c2c(cc3c1C(=O)NCC3)OC(C)(C1CCC(N(C)C)CC1)O2. The van der Waals surface area contributed by atoms with Crippen molar-refractivity contribution >= 4 is 5.91 Å². The molecule has 5 heteroatoms. The van der Waals surface area contributed by atoms with E-state index in [-0.39, 0.29) is 5.91 Å². The molecule has 2 aliphatic heterocycles. The van der Waals surface area contributed by atoms with Crippen molar-refractivity contribution < 1.29 is 14.3 Å². The number of nitrogens with zero attached hydrogens (tertiary/aromatic N) is 1. The minimum Gasteiger partial charge on any atom is -0.448 e. The van der Waals surface area contributed by atoms with Gasteiger partial charge in [-0.3, -0.25) is 4.79 Å². The molecule has 1 N–H and O–H groups in total. The highest BCUT2D eigenvalue weighted by Gasteiger charge is 2.47. The van der Waals surface area contributed by atoms with E-state index in [1.807, 2.05) is 13.0 Å². The van der Waals surface area contributed by atoms with E-state index in [4.69, 9.17) is 9.47 Å². The van der Waals surface area contributed by atoms with Gasteiger partial charge in [0.05, 0.1) is 0 Å². The molecule has 1 aliphatic carbocycles. The zero-order valence-corrected chi connectivity index (χ0v) is 15.6. The van der Waals surface area contributed by atoms with Crippen molar-refractivity contribution in [3.63, 3.8) is 0 Å². The summed E-state index contributed by atoms with van der Waals surface area (Å²) in [6, 6.07) is 2.67. The Bertz CT molecular complexity index is 707. The highest BCUT2D eigenvalue weighted by atomic mass is 16.7. The predicted molar refractivity (Wildman–Crippen MR) is 96.3 cm³/mol. The van der Waals surface area contributed by atoms with E-state index in [2.05, 4.69) is 31.2 Å². The zero-order chi connectivity index (χ0) is 17.8. The number of hydrogen-bond donors (Lipinski definition) is 1. The first kappa shape index (κ1) is 16.7. The van der Waals surface area contributed by atoms with Crippen LogP contribution in [0.1, 0.15) is 54.1 Å². The lowest BCUT2D eigenvalue weighted by molar-refractivity contribution is -0.123. The predicted octanol–water partition coefficient (Wildman–Crippen LogP) is 2.89. The van der Waals surface area contributed by atoms with Gasteiger partial charge in [-0.05, 0) is 64.8 Å². The molecular weight excluding hydrogens is 316 g/mol. The lowest BCUT2D eigenvalue weighted by atomic mass is 9.81. The van der Waals surface area contributed by atoms with E-state index in [0.717, 1.165) is 47.5 Å². The summed E-state index contributed by atoms with van der Waals surface area (Å²) < 4.78 is 12.7. The number of nitrogens with one attached hydrogen (secondary N) is 1. The van der Waals surface area contributed by atoms with Crippen LogP contribution in [-0.4, -0.2) is 43.3 Å². The van der Waals surface area contributed by atoms with Crippen LogP contribution < -0.4 is 14.8 Å². The molecule has 1 fully saturated rings. The van der Waals surface area contributed by atoms with Crippen molar-refractivity contribution in [3.05, 3.63) is 22.8 Å². The molecule has 0 spiro atoms. The van der Waals surface area contributed by atoms with E-state index in [1.165, 1.54) is 12.8 Å². The van der Waals surface area contributed by atoms with Crippen LogP contribution in [-0.2, 0) is 6.42 Å². The van der Waals surface area contributed by atoms with Crippen LogP contribution in [0.4, 0.5) is 0 Å². The normalized spacial score (nSPS) is 31.0. The molecule has 1 unspecified atom stereocenters. The van der Waals surface area contributed by atoms with Gasteiger partial charge >= 0.3 is 0 Å². The molecule has 1 amide bonds. The molecule has 1 atom stereocenters.